The smallest absolute Gasteiger partial charge is 0.223 e. The van der Waals surface area contributed by atoms with Gasteiger partial charge < -0.3 is 10.2 Å². The maximum absolute atomic E-state index is 12.5. The highest BCUT2D eigenvalue weighted by Crippen LogP contribution is 2.39. The number of para-hydroxylation sites is 1. The van der Waals surface area contributed by atoms with E-state index in [0.717, 1.165) is 31.5 Å². The predicted molar refractivity (Wildman–Crippen MR) is 79.7 cm³/mol. The first-order valence-electron chi connectivity index (χ1n) is 7.92. The van der Waals surface area contributed by atoms with Gasteiger partial charge in [0.1, 0.15) is 0 Å². The number of rotatable bonds is 2. The molecule has 1 N–H and O–H groups in total. The zero-order valence-electron chi connectivity index (χ0n) is 11.8. The summed E-state index contributed by atoms with van der Waals surface area (Å²) in [7, 11) is 0. The first-order valence-corrected chi connectivity index (χ1v) is 7.92. The Kier molecular flexibility index (Phi) is 2.94. The molecule has 1 amide bonds. The van der Waals surface area contributed by atoms with E-state index in [4.69, 9.17) is 0 Å². The maximum Gasteiger partial charge on any atom is 0.223 e. The van der Waals surface area contributed by atoms with E-state index in [1.54, 1.807) is 0 Å². The Morgan fingerprint density at radius 3 is 2.75 bits per heavy atom. The van der Waals surface area contributed by atoms with Gasteiger partial charge in [0.05, 0.1) is 0 Å². The van der Waals surface area contributed by atoms with Gasteiger partial charge in [-0.2, -0.15) is 0 Å². The Balaban J connectivity index is 1.42. The summed E-state index contributed by atoms with van der Waals surface area (Å²) in [6.07, 6.45) is 4.71. The van der Waals surface area contributed by atoms with E-state index in [0.29, 0.717) is 18.2 Å². The average Bonchev–Trinajstić information content (AvgIpc) is 3.12. The van der Waals surface area contributed by atoms with Gasteiger partial charge in [0.15, 0.2) is 0 Å². The lowest BCUT2D eigenvalue weighted by molar-refractivity contribution is -0.130. The summed E-state index contributed by atoms with van der Waals surface area (Å²) < 4.78 is 0. The second-order valence-corrected chi connectivity index (χ2v) is 6.62. The number of amides is 1. The topological polar surface area (TPSA) is 32.3 Å². The van der Waals surface area contributed by atoms with E-state index < -0.39 is 0 Å². The van der Waals surface area contributed by atoms with Crippen molar-refractivity contribution >= 4 is 11.6 Å². The highest BCUT2D eigenvalue weighted by molar-refractivity contribution is 5.78. The van der Waals surface area contributed by atoms with Crippen molar-refractivity contribution in [1.29, 1.82) is 0 Å². The van der Waals surface area contributed by atoms with Crippen LogP contribution < -0.4 is 5.32 Å². The molecule has 3 heteroatoms. The molecular formula is C17H22N2O. The molecule has 3 unspecified atom stereocenters. The summed E-state index contributed by atoms with van der Waals surface area (Å²) in [6.45, 7) is 2.95. The van der Waals surface area contributed by atoms with Gasteiger partial charge in [0.2, 0.25) is 5.91 Å². The van der Waals surface area contributed by atoms with Crippen molar-refractivity contribution in [3.05, 3.63) is 29.8 Å². The van der Waals surface area contributed by atoms with Crippen molar-refractivity contribution in [3.63, 3.8) is 0 Å². The molecule has 3 nitrogen and oxygen atoms in total. The predicted octanol–water partition coefficient (Wildman–Crippen LogP) is 2.84. The van der Waals surface area contributed by atoms with E-state index in [-0.39, 0.29) is 0 Å². The van der Waals surface area contributed by atoms with Crippen LogP contribution in [0.15, 0.2) is 24.3 Å². The van der Waals surface area contributed by atoms with Crippen LogP contribution in [0.25, 0.3) is 0 Å². The minimum atomic E-state index is 0.360. The Labute approximate surface area is 120 Å². The summed E-state index contributed by atoms with van der Waals surface area (Å²) in [4.78, 5) is 14.7. The molecule has 0 spiro atoms. The molecule has 3 aliphatic rings. The molecule has 0 radical (unpaired) electrons. The molecule has 4 rings (SSSR count). The average molecular weight is 270 g/mol. The second kappa shape index (κ2) is 4.80. The van der Waals surface area contributed by atoms with Crippen LogP contribution in [0.5, 0.6) is 0 Å². The number of likely N-dealkylation sites (tertiary alicyclic amines) is 1. The quantitative estimate of drug-likeness (QED) is 0.896. The van der Waals surface area contributed by atoms with Crippen LogP contribution in [0.1, 0.15) is 37.2 Å². The third-order valence-corrected chi connectivity index (χ3v) is 5.44. The van der Waals surface area contributed by atoms with Crippen molar-refractivity contribution in [1.82, 2.24) is 4.90 Å². The van der Waals surface area contributed by atoms with Crippen molar-refractivity contribution < 1.29 is 4.79 Å². The first-order chi connectivity index (χ1) is 9.81. The number of hydrogen-bond donors (Lipinski definition) is 1. The lowest BCUT2D eigenvalue weighted by Crippen LogP contribution is -2.30. The van der Waals surface area contributed by atoms with Crippen molar-refractivity contribution in [2.45, 2.75) is 31.6 Å². The zero-order valence-corrected chi connectivity index (χ0v) is 11.8. The number of benzene rings is 1. The van der Waals surface area contributed by atoms with E-state index in [1.807, 2.05) is 0 Å². The maximum atomic E-state index is 12.5. The molecule has 0 aromatic heterocycles. The summed E-state index contributed by atoms with van der Waals surface area (Å²) in [5.41, 5.74) is 2.53. The second-order valence-electron chi connectivity index (χ2n) is 6.62. The van der Waals surface area contributed by atoms with Crippen LogP contribution in [0.2, 0.25) is 0 Å². The molecule has 1 aromatic carbocycles. The number of nitrogens with zero attached hydrogens (tertiary/aromatic N) is 1. The molecule has 0 bridgehead atoms. The molecule has 1 aromatic rings. The van der Waals surface area contributed by atoms with Crippen molar-refractivity contribution in [2.24, 2.45) is 11.8 Å². The van der Waals surface area contributed by atoms with E-state index in [2.05, 4.69) is 34.5 Å². The lowest BCUT2D eigenvalue weighted by Gasteiger charge is -2.19. The number of anilines is 1. The highest BCUT2D eigenvalue weighted by Gasteiger charge is 2.38. The molecule has 2 aliphatic heterocycles. The van der Waals surface area contributed by atoms with Gasteiger partial charge >= 0.3 is 0 Å². The SMILES string of the molecule is O=C(CC1CNc2ccccc21)N1CC2CCCC2C1. The van der Waals surface area contributed by atoms with Crippen LogP contribution in [0.4, 0.5) is 5.69 Å². The fourth-order valence-electron chi connectivity index (χ4n) is 4.32. The molecule has 1 saturated heterocycles. The van der Waals surface area contributed by atoms with Gasteiger partial charge in [-0.15, -0.1) is 0 Å². The molecule has 3 atom stereocenters. The van der Waals surface area contributed by atoms with Gasteiger partial charge in [-0.3, -0.25) is 4.79 Å². The molecule has 2 heterocycles. The monoisotopic (exact) mass is 270 g/mol. The van der Waals surface area contributed by atoms with Gasteiger partial charge in [0.25, 0.3) is 0 Å². The van der Waals surface area contributed by atoms with Crippen LogP contribution >= 0.6 is 0 Å². The van der Waals surface area contributed by atoms with Gasteiger partial charge in [-0.05, 0) is 36.3 Å². The normalized spacial score (nSPS) is 31.0. The largest absolute Gasteiger partial charge is 0.384 e. The molecule has 1 aliphatic carbocycles. The number of hydrogen-bond acceptors (Lipinski definition) is 2. The van der Waals surface area contributed by atoms with Crippen LogP contribution in [-0.2, 0) is 4.79 Å². The summed E-state index contributed by atoms with van der Waals surface area (Å²) >= 11 is 0. The fourth-order valence-corrected chi connectivity index (χ4v) is 4.32. The zero-order chi connectivity index (χ0) is 13.5. The molecule has 2 fully saturated rings. The third kappa shape index (κ3) is 2.00. The first kappa shape index (κ1) is 12.2. The Bertz CT molecular complexity index is 515. The van der Waals surface area contributed by atoms with Gasteiger partial charge in [0, 0.05) is 37.7 Å². The van der Waals surface area contributed by atoms with Gasteiger partial charge in [-0.25, -0.2) is 0 Å². The summed E-state index contributed by atoms with van der Waals surface area (Å²) in [5.74, 6) is 2.32. The fraction of sp³-hybridized carbons (Fsp3) is 0.588. The molecule has 1 saturated carbocycles. The Morgan fingerprint density at radius 2 is 1.95 bits per heavy atom. The Morgan fingerprint density at radius 1 is 1.20 bits per heavy atom. The van der Waals surface area contributed by atoms with Crippen LogP contribution in [0, 0.1) is 11.8 Å². The summed E-state index contributed by atoms with van der Waals surface area (Å²) in [5, 5.41) is 3.42. The highest BCUT2D eigenvalue weighted by atomic mass is 16.2. The summed E-state index contributed by atoms with van der Waals surface area (Å²) in [6, 6.07) is 8.40. The van der Waals surface area contributed by atoms with Crippen LogP contribution in [-0.4, -0.2) is 30.4 Å². The standard InChI is InChI=1S/C17H22N2O/c20-17(19-10-12-4-3-5-13(12)11-19)8-14-9-18-16-7-2-1-6-15(14)16/h1-2,6-7,12-14,18H,3-5,8-11H2. The van der Waals surface area contributed by atoms with Crippen LogP contribution in [0.3, 0.4) is 0 Å². The Hall–Kier alpha value is -1.51. The van der Waals surface area contributed by atoms with E-state index in [9.17, 15) is 4.79 Å². The van der Waals surface area contributed by atoms with Gasteiger partial charge in [-0.1, -0.05) is 24.6 Å². The van der Waals surface area contributed by atoms with Crippen molar-refractivity contribution in [3.8, 4) is 0 Å². The number of carbonyl (C=O) groups excluding carboxylic acids is 1. The van der Waals surface area contributed by atoms with Crippen molar-refractivity contribution in [2.75, 3.05) is 25.0 Å². The third-order valence-electron chi connectivity index (χ3n) is 5.44. The lowest BCUT2D eigenvalue weighted by atomic mass is 9.97. The number of nitrogens with one attached hydrogen (secondary N) is 1. The number of carbonyl (C=O) groups is 1. The van der Waals surface area contributed by atoms with E-state index in [1.165, 1.54) is 30.5 Å². The minimum absolute atomic E-state index is 0.360. The van der Waals surface area contributed by atoms with E-state index >= 15 is 0 Å². The molecular weight excluding hydrogens is 248 g/mol. The minimum Gasteiger partial charge on any atom is -0.384 e. The number of fused-ring (bicyclic) bond motifs is 2. The molecule has 20 heavy (non-hydrogen) atoms. The molecule has 106 valence electrons.